The van der Waals surface area contributed by atoms with Crippen molar-refractivity contribution in [3.8, 4) is 11.5 Å². The number of hydrogen-bond donors (Lipinski definition) is 2. The van der Waals surface area contributed by atoms with E-state index in [-0.39, 0.29) is 12.0 Å². The zero-order valence-corrected chi connectivity index (χ0v) is 24.9. The van der Waals surface area contributed by atoms with Crippen LogP contribution in [0.3, 0.4) is 0 Å². The number of carboxylic acids is 1. The quantitative estimate of drug-likeness (QED) is 0.281. The van der Waals surface area contributed by atoms with E-state index in [9.17, 15) is 9.90 Å². The summed E-state index contributed by atoms with van der Waals surface area (Å²) < 4.78 is 6.60. The Morgan fingerprint density at radius 2 is 1.39 bits per heavy atom. The Kier molecular flexibility index (Phi) is 13.9. The molecule has 1 aromatic carbocycles. The number of aromatic hydroxyl groups is 1. The van der Waals surface area contributed by atoms with Gasteiger partial charge in [0.05, 0.1) is 0 Å². The SMILES string of the molecule is CCC(=O)O.Cc1c(C)c2c(c(C)c1O)CC[C@@](C)(CCCC(C)CCCC(C)CCCC(C)C)O2. The van der Waals surface area contributed by atoms with Gasteiger partial charge in [0.25, 0.3) is 0 Å². The number of phenols is 1. The van der Waals surface area contributed by atoms with Crippen LogP contribution in [-0.4, -0.2) is 21.8 Å². The molecule has 0 spiro atoms. The number of fused-ring (bicyclic) bond motifs is 1. The number of ether oxygens (including phenoxy) is 1. The van der Waals surface area contributed by atoms with E-state index < -0.39 is 5.97 Å². The minimum atomic E-state index is -0.745. The number of rotatable bonds is 13. The molecular weight excluding hydrogens is 448 g/mol. The van der Waals surface area contributed by atoms with Gasteiger partial charge in [-0.15, -0.1) is 0 Å². The molecule has 2 rings (SSSR count). The van der Waals surface area contributed by atoms with E-state index in [1.54, 1.807) is 6.92 Å². The van der Waals surface area contributed by atoms with Gasteiger partial charge in [0.15, 0.2) is 0 Å². The van der Waals surface area contributed by atoms with Crippen LogP contribution >= 0.6 is 0 Å². The average Bonchev–Trinajstić information content (AvgIpc) is 2.81. The maximum atomic E-state index is 10.4. The molecule has 0 radical (unpaired) electrons. The van der Waals surface area contributed by atoms with Crippen molar-refractivity contribution < 1.29 is 19.7 Å². The van der Waals surface area contributed by atoms with Gasteiger partial charge in [0, 0.05) is 12.0 Å². The van der Waals surface area contributed by atoms with Crippen LogP contribution in [0, 0.1) is 38.5 Å². The number of phenolic OH excluding ortho intramolecular Hbond substituents is 1. The highest BCUT2D eigenvalue weighted by Gasteiger charge is 2.34. The van der Waals surface area contributed by atoms with Crippen molar-refractivity contribution in [3.05, 3.63) is 22.3 Å². The molecule has 1 aliphatic heterocycles. The zero-order valence-electron chi connectivity index (χ0n) is 24.9. The summed E-state index contributed by atoms with van der Waals surface area (Å²) in [6, 6.07) is 0. The van der Waals surface area contributed by atoms with Crippen LogP contribution in [-0.2, 0) is 11.2 Å². The molecule has 0 amide bonds. The smallest absolute Gasteiger partial charge is 0.303 e. The van der Waals surface area contributed by atoms with Gasteiger partial charge >= 0.3 is 5.97 Å². The highest BCUT2D eigenvalue weighted by Crippen LogP contribution is 2.44. The molecule has 0 aliphatic carbocycles. The lowest BCUT2D eigenvalue weighted by Crippen LogP contribution is -2.37. The van der Waals surface area contributed by atoms with Crippen molar-refractivity contribution in [1.29, 1.82) is 0 Å². The first-order valence-electron chi connectivity index (χ1n) is 14.5. The maximum absolute atomic E-state index is 10.4. The molecule has 4 heteroatoms. The average molecular weight is 505 g/mol. The van der Waals surface area contributed by atoms with E-state index in [4.69, 9.17) is 9.84 Å². The van der Waals surface area contributed by atoms with Gasteiger partial charge in [0.1, 0.15) is 17.1 Å². The van der Waals surface area contributed by atoms with E-state index in [1.807, 2.05) is 13.8 Å². The lowest BCUT2D eigenvalue weighted by Gasteiger charge is -2.38. The molecule has 3 atom stereocenters. The van der Waals surface area contributed by atoms with Crippen molar-refractivity contribution in [2.75, 3.05) is 0 Å². The molecule has 0 saturated carbocycles. The summed E-state index contributed by atoms with van der Waals surface area (Å²) in [5, 5.41) is 18.1. The molecule has 2 unspecified atom stereocenters. The largest absolute Gasteiger partial charge is 0.507 e. The maximum Gasteiger partial charge on any atom is 0.303 e. The summed E-state index contributed by atoms with van der Waals surface area (Å²) in [5.41, 5.74) is 4.23. The third-order valence-electron chi connectivity index (χ3n) is 8.17. The van der Waals surface area contributed by atoms with Gasteiger partial charge < -0.3 is 14.9 Å². The minimum Gasteiger partial charge on any atom is -0.507 e. The molecule has 1 aromatic rings. The first-order valence-corrected chi connectivity index (χ1v) is 14.5. The van der Waals surface area contributed by atoms with Gasteiger partial charge in [-0.05, 0) is 87.8 Å². The molecule has 2 N–H and O–H groups in total. The van der Waals surface area contributed by atoms with Gasteiger partial charge in [-0.3, -0.25) is 4.79 Å². The first-order chi connectivity index (χ1) is 16.8. The zero-order chi connectivity index (χ0) is 27.5. The molecule has 0 aromatic heterocycles. The molecule has 4 nitrogen and oxygen atoms in total. The second-order valence-electron chi connectivity index (χ2n) is 12.2. The summed E-state index contributed by atoms with van der Waals surface area (Å²) in [4.78, 5) is 9.37. The third kappa shape index (κ3) is 10.7. The van der Waals surface area contributed by atoms with Crippen LogP contribution in [0.2, 0.25) is 0 Å². The van der Waals surface area contributed by atoms with Crippen molar-refractivity contribution >= 4 is 5.97 Å². The minimum absolute atomic E-state index is 0.0712. The number of aliphatic carboxylic acids is 1. The molecule has 36 heavy (non-hydrogen) atoms. The van der Waals surface area contributed by atoms with Gasteiger partial charge in [-0.2, -0.15) is 0 Å². The van der Waals surface area contributed by atoms with Gasteiger partial charge in [-0.25, -0.2) is 0 Å². The van der Waals surface area contributed by atoms with E-state index >= 15 is 0 Å². The second-order valence-corrected chi connectivity index (χ2v) is 12.2. The van der Waals surface area contributed by atoms with Crippen LogP contribution in [0.25, 0.3) is 0 Å². The predicted molar refractivity (Wildman–Crippen MR) is 152 cm³/mol. The summed E-state index contributed by atoms with van der Waals surface area (Å²) in [5.74, 6) is 3.29. The topological polar surface area (TPSA) is 66.8 Å². The number of benzene rings is 1. The summed E-state index contributed by atoms with van der Waals surface area (Å²) in [7, 11) is 0. The Morgan fingerprint density at radius 1 is 0.889 bits per heavy atom. The van der Waals surface area contributed by atoms with Crippen molar-refractivity contribution in [2.24, 2.45) is 17.8 Å². The monoisotopic (exact) mass is 504 g/mol. The molecule has 1 aliphatic rings. The molecule has 208 valence electrons. The van der Waals surface area contributed by atoms with Crippen molar-refractivity contribution in [3.63, 3.8) is 0 Å². The molecular formula is C32H56O4. The fourth-order valence-electron chi connectivity index (χ4n) is 5.27. The molecule has 1 heterocycles. The highest BCUT2D eigenvalue weighted by atomic mass is 16.5. The van der Waals surface area contributed by atoms with Gasteiger partial charge in [-0.1, -0.05) is 79.6 Å². The van der Waals surface area contributed by atoms with Gasteiger partial charge in [0.2, 0.25) is 0 Å². The molecule has 0 fully saturated rings. The van der Waals surface area contributed by atoms with Crippen molar-refractivity contribution in [2.45, 2.75) is 145 Å². The van der Waals surface area contributed by atoms with Crippen LogP contribution in [0.1, 0.15) is 134 Å². The Morgan fingerprint density at radius 3 is 1.89 bits per heavy atom. The standard InChI is InChI=1S/C29H50O2.C3H6O2/c1-20(2)12-9-13-21(3)14-10-15-22(4)16-11-18-29(8)19-17-26-25(7)27(30)23(5)24(6)28(26)31-29;1-2-3(4)5/h20-22,30H,9-19H2,1-8H3;2H2,1H3,(H,4,5)/t21?,22?,29-;/m1./s1. The number of hydrogen-bond acceptors (Lipinski definition) is 3. The van der Waals surface area contributed by atoms with E-state index in [0.717, 1.165) is 59.5 Å². The lowest BCUT2D eigenvalue weighted by atomic mass is 9.84. The van der Waals surface area contributed by atoms with Crippen LogP contribution in [0.5, 0.6) is 11.5 Å². The fraction of sp³-hybridized carbons (Fsp3) is 0.781. The Balaban J connectivity index is 0.00000118. The predicted octanol–water partition coefficient (Wildman–Crippen LogP) is 9.32. The summed E-state index contributed by atoms with van der Waals surface area (Å²) in [6.45, 7) is 19.5. The summed E-state index contributed by atoms with van der Waals surface area (Å²) in [6.07, 6.45) is 14.3. The first kappa shape index (κ1) is 32.3. The van der Waals surface area contributed by atoms with Crippen LogP contribution in [0.4, 0.5) is 0 Å². The van der Waals surface area contributed by atoms with Crippen LogP contribution < -0.4 is 4.74 Å². The fourth-order valence-corrected chi connectivity index (χ4v) is 5.27. The number of carboxylic acid groups (broad SMARTS) is 1. The van der Waals surface area contributed by atoms with E-state index in [2.05, 4.69) is 41.5 Å². The number of carbonyl (C=O) groups is 1. The third-order valence-corrected chi connectivity index (χ3v) is 8.17. The van der Waals surface area contributed by atoms with E-state index in [0.29, 0.717) is 5.75 Å². The highest BCUT2D eigenvalue weighted by molar-refractivity contribution is 5.66. The normalized spacial score (nSPS) is 18.6. The van der Waals surface area contributed by atoms with Crippen molar-refractivity contribution in [1.82, 2.24) is 0 Å². The van der Waals surface area contributed by atoms with E-state index in [1.165, 1.54) is 56.9 Å². The Hall–Kier alpha value is -1.71. The summed E-state index contributed by atoms with van der Waals surface area (Å²) >= 11 is 0. The lowest BCUT2D eigenvalue weighted by molar-refractivity contribution is -0.136. The Bertz CT molecular complexity index is 813. The molecule has 0 bridgehead atoms. The Labute approximate surface area is 222 Å². The van der Waals surface area contributed by atoms with Crippen LogP contribution in [0.15, 0.2) is 0 Å². The second kappa shape index (κ2) is 15.5. The molecule has 0 saturated heterocycles.